The summed E-state index contributed by atoms with van der Waals surface area (Å²) in [4.78, 5) is 19.7. The number of likely N-dealkylation sites (N-methyl/N-ethyl adjacent to an activating group) is 1. The summed E-state index contributed by atoms with van der Waals surface area (Å²) in [6, 6.07) is 0. The number of amides is 1. The van der Waals surface area contributed by atoms with Gasteiger partial charge in [0.25, 0.3) is 0 Å². The highest BCUT2D eigenvalue weighted by Gasteiger charge is 2.19. The molecule has 0 saturated carbocycles. The van der Waals surface area contributed by atoms with E-state index in [4.69, 9.17) is 9.47 Å². The van der Waals surface area contributed by atoms with Crippen LogP contribution in [-0.2, 0) is 14.3 Å². The van der Waals surface area contributed by atoms with Gasteiger partial charge in [-0.15, -0.1) is 24.0 Å². The van der Waals surface area contributed by atoms with Crippen LogP contribution in [-0.4, -0.2) is 89.4 Å². The monoisotopic (exact) mass is 428 g/mol. The van der Waals surface area contributed by atoms with Crippen LogP contribution in [0, 0.1) is 5.92 Å². The molecule has 1 aliphatic heterocycles. The molecule has 1 saturated heterocycles. The van der Waals surface area contributed by atoms with E-state index in [2.05, 4.69) is 15.2 Å². The molecule has 1 amide bonds. The fraction of sp³-hybridized carbons (Fsp3) is 0.857. The van der Waals surface area contributed by atoms with Crippen LogP contribution in [0.15, 0.2) is 4.99 Å². The molecule has 7 nitrogen and oxygen atoms in total. The molecule has 0 aromatic rings. The lowest BCUT2D eigenvalue weighted by Gasteiger charge is -2.25. The van der Waals surface area contributed by atoms with E-state index in [0.29, 0.717) is 19.1 Å². The molecule has 0 bridgehead atoms. The van der Waals surface area contributed by atoms with Crippen LogP contribution >= 0.6 is 24.0 Å². The molecular formula is C14H29IN4O3. The molecule has 0 aliphatic carbocycles. The Labute approximate surface area is 150 Å². The quantitative estimate of drug-likeness (QED) is 0.273. The van der Waals surface area contributed by atoms with Crippen molar-refractivity contribution in [2.75, 3.05) is 67.7 Å². The lowest BCUT2D eigenvalue weighted by molar-refractivity contribution is -0.127. The summed E-state index contributed by atoms with van der Waals surface area (Å²) >= 11 is 0. The van der Waals surface area contributed by atoms with Gasteiger partial charge in [-0.2, -0.15) is 0 Å². The minimum atomic E-state index is -0.0151. The Morgan fingerprint density at radius 2 is 2.14 bits per heavy atom. The predicted octanol–water partition coefficient (Wildman–Crippen LogP) is 0.253. The van der Waals surface area contributed by atoms with E-state index in [-0.39, 0.29) is 36.4 Å². The van der Waals surface area contributed by atoms with Crippen LogP contribution in [0.4, 0.5) is 0 Å². The summed E-state index contributed by atoms with van der Waals surface area (Å²) in [5.41, 5.74) is 0. The Bertz CT molecular complexity index is 347. The molecule has 1 N–H and O–H groups in total. The molecule has 1 fully saturated rings. The number of carbonyl (C=O) groups excluding carboxylic acids is 1. The number of hydrogen-bond donors (Lipinski definition) is 1. The first-order chi connectivity index (χ1) is 10.0. The van der Waals surface area contributed by atoms with E-state index >= 15 is 0 Å². The van der Waals surface area contributed by atoms with E-state index in [1.54, 1.807) is 26.1 Å². The second kappa shape index (κ2) is 11.9. The van der Waals surface area contributed by atoms with Gasteiger partial charge in [0.05, 0.1) is 13.2 Å². The van der Waals surface area contributed by atoms with Crippen LogP contribution in [0.3, 0.4) is 0 Å². The molecule has 1 atom stereocenters. The smallest absolute Gasteiger partial charge is 0.243 e. The Morgan fingerprint density at radius 1 is 1.41 bits per heavy atom. The summed E-state index contributed by atoms with van der Waals surface area (Å²) in [5.74, 6) is 1.24. The third kappa shape index (κ3) is 8.14. The highest BCUT2D eigenvalue weighted by Crippen LogP contribution is 2.13. The predicted molar refractivity (Wildman–Crippen MR) is 97.8 cm³/mol. The fourth-order valence-electron chi connectivity index (χ4n) is 2.06. The molecular weight excluding hydrogens is 399 g/mol. The molecule has 1 aliphatic rings. The highest BCUT2D eigenvalue weighted by atomic mass is 127. The number of nitrogens with zero attached hydrogens (tertiary/aromatic N) is 3. The van der Waals surface area contributed by atoms with Gasteiger partial charge in [0.1, 0.15) is 6.54 Å². The number of nitrogens with one attached hydrogen (secondary N) is 1. The number of methoxy groups -OCH3 is 1. The minimum Gasteiger partial charge on any atom is -0.383 e. The Balaban J connectivity index is 0.00000441. The average molecular weight is 428 g/mol. The van der Waals surface area contributed by atoms with E-state index in [1.165, 1.54) is 0 Å². The third-order valence-corrected chi connectivity index (χ3v) is 3.37. The summed E-state index contributed by atoms with van der Waals surface area (Å²) in [7, 11) is 7.11. The van der Waals surface area contributed by atoms with Gasteiger partial charge in [-0.3, -0.25) is 4.79 Å². The van der Waals surface area contributed by atoms with Crippen molar-refractivity contribution >= 4 is 35.8 Å². The van der Waals surface area contributed by atoms with Crippen LogP contribution in [0.5, 0.6) is 0 Å². The van der Waals surface area contributed by atoms with Crippen molar-refractivity contribution in [1.29, 1.82) is 0 Å². The number of rotatable bonds is 7. The third-order valence-electron chi connectivity index (χ3n) is 3.37. The second-order valence-corrected chi connectivity index (χ2v) is 5.46. The van der Waals surface area contributed by atoms with Crippen LogP contribution in [0.1, 0.15) is 6.42 Å². The molecule has 0 aromatic carbocycles. The lowest BCUT2D eigenvalue weighted by Crippen LogP contribution is -2.43. The summed E-state index contributed by atoms with van der Waals surface area (Å²) in [5, 5.41) is 3.23. The number of carbonyl (C=O) groups is 1. The zero-order valence-electron chi connectivity index (χ0n) is 14.0. The van der Waals surface area contributed by atoms with Crippen LogP contribution in [0.2, 0.25) is 0 Å². The Kier molecular flexibility index (Phi) is 11.6. The van der Waals surface area contributed by atoms with Gasteiger partial charge in [-0.25, -0.2) is 4.99 Å². The molecule has 0 aromatic heterocycles. The van der Waals surface area contributed by atoms with Crippen molar-refractivity contribution in [1.82, 2.24) is 15.1 Å². The highest BCUT2D eigenvalue weighted by molar-refractivity contribution is 14.0. The van der Waals surface area contributed by atoms with Gasteiger partial charge in [0, 0.05) is 53.9 Å². The largest absolute Gasteiger partial charge is 0.383 e. The molecule has 22 heavy (non-hydrogen) atoms. The van der Waals surface area contributed by atoms with E-state index in [0.717, 1.165) is 32.1 Å². The zero-order valence-corrected chi connectivity index (χ0v) is 16.3. The molecule has 1 unspecified atom stereocenters. The molecule has 0 radical (unpaired) electrons. The summed E-state index contributed by atoms with van der Waals surface area (Å²) in [6.45, 7) is 3.91. The van der Waals surface area contributed by atoms with E-state index < -0.39 is 0 Å². The van der Waals surface area contributed by atoms with Crippen molar-refractivity contribution in [3.63, 3.8) is 0 Å². The topological polar surface area (TPSA) is 66.4 Å². The maximum atomic E-state index is 11.7. The first-order valence-electron chi connectivity index (χ1n) is 7.31. The van der Waals surface area contributed by atoms with Gasteiger partial charge in [-0.1, -0.05) is 0 Å². The van der Waals surface area contributed by atoms with Gasteiger partial charge >= 0.3 is 0 Å². The first kappa shape index (κ1) is 21.4. The molecule has 1 heterocycles. The average Bonchev–Trinajstić information content (AvgIpc) is 2.94. The zero-order chi connectivity index (χ0) is 15.7. The standard InChI is InChI=1S/C14H28N4O3.HI/c1-17(2)13(19)9-16-14(15-6-8-20-4)18(3)10-12-5-7-21-11-12;/h12H,5-11H2,1-4H3,(H,15,16);1H. The number of hydrogen-bond acceptors (Lipinski definition) is 4. The maximum absolute atomic E-state index is 11.7. The number of guanidine groups is 1. The molecule has 0 spiro atoms. The van der Waals surface area contributed by atoms with Gasteiger partial charge in [0.15, 0.2) is 5.96 Å². The van der Waals surface area contributed by atoms with Gasteiger partial charge in [0.2, 0.25) is 5.91 Å². The fourth-order valence-corrected chi connectivity index (χ4v) is 2.06. The van der Waals surface area contributed by atoms with Crippen molar-refractivity contribution in [2.45, 2.75) is 6.42 Å². The van der Waals surface area contributed by atoms with Crippen molar-refractivity contribution in [3.8, 4) is 0 Å². The number of halogens is 1. The lowest BCUT2D eigenvalue weighted by atomic mass is 10.1. The van der Waals surface area contributed by atoms with Gasteiger partial charge < -0.3 is 24.6 Å². The molecule has 8 heteroatoms. The molecule has 130 valence electrons. The Hall–Kier alpha value is -0.610. The first-order valence-corrected chi connectivity index (χ1v) is 7.31. The van der Waals surface area contributed by atoms with E-state index in [1.807, 2.05) is 7.05 Å². The number of aliphatic imine (C=N–C) groups is 1. The SMILES string of the molecule is COCCNC(=NCC(=O)N(C)C)N(C)CC1CCOC1.I. The Morgan fingerprint density at radius 3 is 2.68 bits per heavy atom. The van der Waals surface area contributed by atoms with Gasteiger partial charge in [-0.05, 0) is 6.42 Å². The maximum Gasteiger partial charge on any atom is 0.243 e. The summed E-state index contributed by atoms with van der Waals surface area (Å²) in [6.07, 6.45) is 1.08. The van der Waals surface area contributed by atoms with Crippen molar-refractivity contribution in [3.05, 3.63) is 0 Å². The summed E-state index contributed by atoms with van der Waals surface area (Å²) < 4.78 is 10.4. The normalized spacial score (nSPS) is 17.8. The van der Waals surface area contributed by atoms with Crippen molar-refractivity contribution < 1.29 is 14.3 Å². The van der Waals surface area contributed by atoms with E-state index in [9.17, 15) is 4.79 Å². The number of ether oxygens (including phenoxy) is 2. The van der Waals surface area contributed by atoms with Crippen molar-refractivity contribution in [2.24, 2.45) is 10.9 Å². The second-order valence-electron chi connectivity index (χ2n) is 5.46. The molecule has 1 rings (SSSR count). The van der Waals surface area contributed by atoms with Crippen LogP contribution < -0.4 is 5.32 Å². The van der Waals surface area contributed by atoms with Crippen LogP contribution in [0.25, 0.3) is 0 Å². The minimum absolute atomic E-state index is 0.